The van der Waals surface area contributed by atoms with E-state index < -0.39 is 6.04 Å². The van der Waals surface area contributed by atoms with Gasteiger partial charge in [0.05, 0.1) is 0 Å². The number of rotatable bonds is 6. The molecular formula is C24H28N4O3. The van der Waals surface area contributed by atoms with Gasteiger partial charge in [0.25, 0.3) is 5.91 Å². The van der Waals surface area contributed by atoms with E-state index in [1.54, 1.807) is 24.3 Å². The van der Waals surface area contributed by atoms with Gasteiger partial charge in [-0.3, -0.25) is 24.6 Å². The lowest BCUT2D eigenvalue weighted by Crippen LogP contribution is -2.47. The van der Waals surface area contributed by atoms with Crippen LogP contribution in [-0.4, -0.2) is 41.8 Å². The van der Waals surface area contributed by atoms with Gasteiger partial charge in [0.2, 0.25) is 11.8 Å². The van der Waals surface area contributed by atoms with E-state index in [4.69, 9.17) is 0 Å². The Morgan fingerprint density at radius 3 is 2.29 bits per heavy atom. The molecule has 2 fully saturated rings. The molecular weight excluding hydrogens is 392 g/mol. The van der Waals surface area contributed by atoms with Crippen LogP contribution >= 0.6 is 0 Å². The zero-order chi connectivity index (χ0) is 21.6. The monoisotopic (exact) mass is 420 g/mol. The maximum absolute atomic E-state index is 12.6. The topological polar surface area (TPSA) is 90.5 Å². The highest BCUT2D eigenvalue weighted by atomic mass is 16.2. The lowest BCUT2D eigenvalue weighted by molar-refractivity contribution is -0.133. The van der Waals surface area contributed by atoms with Crippen molar-refractivity contribution >= 4 is 29.1 Å². The van der Waals surface area contributed by atoms with Crippen molar-refractivity contribution in [2.45, 2.75) is 44.7 Å². The maximum Gasteiger partial charge on any atom is 0.255 e. The molecule has 0 radical (unpaired) electrons. The summed E-state index contributed by atoms with van der Waals surface area (Å²) in [6.45, 7) is 3.23. The molecule has 1 atom stereocenters. The van der Waals surface area contributed by atoms with E-state index in [1.807, 2.05) is 24.3 Å². The molecule has 162 valence electrons. The van der Waals surface area contributed by atoms with Crippen molar-refractivity contribution in [2.24, 2.45) is 0 Å². The Bertz CT molecular complexity index is 934. The molecule has 2 heterocycles. The van der Waals surface area contributed by atoms with E-state index in [0.717, 1.165) is 25.3 Å². The zero-order valence-electron chi connectivity index (χ0n) is 17.5. The van der Waals surface area contributed by atoms with Crippen LogP contribution in [0.4, 0.5) is 11.4 Å². The Labute approximate surface area is 182 Å². The average Bonchev–Trinajstić information content (AvgIpc) is 2.78. The van der Waals surface area contributed by atoms with Crippen molar-refractivity contribution in [1.82, 2.24) is 10.2 Å². The SMILES string of the molecule is O=C1CCC(Nc2ccc(NC(=O)c3ccc(CN4CCCCC4)cc3)cc2)C(=O)N1. The third-order valence-corrected chi connectivity index (χ3v) is 5.79. The second kappa shape index (κ2) is 9.75. The van der Waals surface area contributed by atoms with Gasteiger partial charge < -0.3 is 10.6 Å². The standard InChI is InChI=1S/C24H28N4O3/c29-22-13-12-21(24(31)27-22)25-19-8-10-20(11-9-19)26-23(30)18-6-4-17(5-7-18)16-28-14-2-1-3-15-28/h4-11,21,25H,1-3,12-16H2,(H,26,30)(H,27,29,31). The molecule has 2 aliphatic rings. The summed E-state index contributed by atoms with van der Waals surface area (Å²) < 4.78 is 0. The van der Waals surface area contributed by atoms with E-state index in [0.29, 0.717) is 24.1 Å². The minimum absolute atomic E-state index is 0.157. The van der Waals surface area contributed by atoms with E-state index >= 15 is 0 Å². The maximum atomic E-state index is 12.6. The highest BCUT2D eigenvalue weighted by Gasteiger charge is 2.26. The van der Waals surface area contributed by atoms with Gasteiger partial charge in [-0.25, -0.2) is 0 Å². The first-order valence-corrected chi connectivity index (χ1v) is 10.9. The van der Waals surface area contributed by atoms with Gasteiger partial charge in [0.1, 0.15) is 6.04 Å². The van der Waals surface area contributed by atoms with Gasteiger partial charge in [0, 0.05) is 29.9 Å². The van der Waals surface area contributed by atoms with Crippen LogP contribution in [0.25, 0.3) is 0 Å². The van der Waals surface area contributed by atoms with Gasteiger partial charge in [-0.05, 0) is 74.3 Å². The Hall–Kier alpha value is -3.19. The molecule has 4 rings (SSSR count). The predicted molar refractivity (Wildman–Crippen MR) is 120 cm³/mol. The number of amides is 3. The van der Waals surface area contributed by atoms with Gasteiger partial charge in [-0.2, -0.15) is 0 Å². The fourth-order valence-corrected chi connectivity index (χ4v) is 4.02. The number of hydrogen-bond donors (Lipinski definition) is 3. The molecule has 0 aliphatic carbocycles. The highest BCUT2D eigenvalue weighted by Crippen LogP contribution is 2.18. The molecule has 3 N–H and O–H groups in total. The number of anilines is 2. The van der Waals surface area contributed by atoms with Crippen LogP contribution in [0.3, 0.4) is 0 Å². The molecule has 7 nitrogen and oxygen atoms in total. The minimum Gasteiger partial charge on any atom is -0.374 e. The first-order chi connectivity index (χ1) is 15.1. The summed E-state index contributed by atoms with van der Waals surface area (Å²) in [5.41, 5.74) is 3.28. The summed E-state index contributed by atoms with van der Waals surface area (Å²) >= 11 is 0. The van der Waals surface area contributed by atoms with Crippen molar-refractivity contribution in [1.29, 1.82) is 0 Å². The van der Waals surface area contributed by atoms with Gasteiger partial charge in [-0.1, -0.05) is 18.6 Å². The molecule has 1 unspecified atom stereocenters. The zero-order valence-corrected chi connectivity index (χ0v) is 17.5. The third kappa shape index (κ3) is 5.70. The number of nitrogens with one attached hydrogen (secondary N) is 3. The molecule has 2 aromatic carbocycles. The fraction of sp³-hybridized carbons (Fsp3) is 0.375. The van der Waals surface area contributed by atoms with E-state index in [9.17, 15) is 14.4 Å². The van der Waals surface area contributed by atoms with Gasteiger partial charge in [-0.15, -0.1) is 0 Å². The number of likely N-dealkylation sites (tertiary alicyclic amines) is 1. The molecule has 2 aromatic rings. The Kier molecular flexibility index (Phi) is 6.62. The summed E-state index contributed by atoms with van der Waals surface area (Å²) in [6, 6.07) is 14.5. The normalized spacial score (nSPS) is 19.5. The quantitative estimate of drug-likeness (QED) is 0.625. The first kappa shape index (κ1) is 21.1. The van der Waals surface area contributed by atoms with Gasteiger partial charge in [0.15, 0.2) is 0 Å². The highest BCUT2D eigenvalue weighted by molar-refractivity contribution is 6.04. The summed E-state index contributed by atoms with van der Waals surface area (Å²) in [5, 5.41) is 8.36. The number of piperidine rings is 2. The summed E-state index contributed by atoms with van der Waals surface area (Å²) in [6.07, 6.45) is 4.65. The Morgan fingerprint density at radius 2 is 1.61 bits per heavy atom. The molecule has 0 spiro atoms. The van der Waals surface area contributed by atoms with Crippen LogP contribution in [0, 0.1) is 0 Å². The third-order valence-electron chi connectivity index (χ3n) is 5.79. The van der Waals surface area contributed by atoms with Crippen molar-refractivity contribution < 1.29 is 14.4 Å². The molecule has 0 aromatic heterocycles. The fourth-order valence-electron chi connectivity index (χ4n) is 4.02. The number of carbonyl (C=O) groups is 3. The Balaban J connectivity index is 1.30. The van der Waals surface area contributed by atoms with Crippen LogP contribution < -0.4 is 16.0 Å². The molecule has 2 aliphatic heterocycles. The molecule has 31 heavy (non-hydrogen) atoms. The second-order valence-corrected chi connectivity index (χ2v) is 8.21. The summed E-state index contributed by atoms with van der Waals surface area (Å²) in [7, 11) is 0. The van der Waals surface area contributed by atoms with Crippen molar-refractivity contribution in [3.05, 3.63) is 59.7 Å². The predicted octanol–water partition coefficient (Wildman–Crippen LogP) is 3.14. The number of nitrogens with zero attached hydrogens (tertiary/aromatic N) is 1. The average molecular weight is 421 g/mol. The van der Waals surface area contributed by atoms with E-state index in [1.165, 1.54) is 24.8 Å². The number of carbonyl (C=O) groups excluding carboxylic acids is 3. The smallest absolute Gasteiger partial charge is 0.255 e. The van der Waals surface area contributed by atoms with E-state index in [-0.39, 0.29) is 17.7 Å². The first-order valence-electron chi connectivity index (χ1n) is 10.9. The molecule has 2 saturated heterocycles. The van der Waals surface area contributed by atoms with Crippen molar-refractivity contribution in [3.63, 3.8) is 0 Å². The lowest BCUT2D eigenvalue weighted by Gasteiger charge is -2.26. The van der Waals surface area contributed by atoms with Crippen LogP contribution in [0.1, 0.15) is 48.0 Å². The number of hydrogen-bond acceptors (Lipinski definition) is 5. The minimum atomic E-state index is -0.429. The van der Waals surface area contributed by atoms with E-state index in [2.05, 4.69) is 20.9 Å². The van der Waals surface area contributed by atoms with Crippen LogP contribution in [0.2, 0.25) is 0 Å². The number of benzene rings is 2. The van der Waals surface area contributed by atoms with Crippen LogP contribution in [0.15, 0.2) is 48.5 Å². The Morgan fingerprint density at radius 1 is 0.935 bits per heavy atom. The van der Waals surface area contributed by atoms with Crippen molar-refractivity contribution in [3.8, 4) is 0 Å². The summed E-state index contributed by atoms with van der Waals surface area (Å²) in [5.74, 6) is -0.701. The number of imide groups is 1. The van der Waals surface area contributed by atoms with Crippen molar-refractivity contribution in [2.75, 3.05) is 23.7 Å². The van der Waals surface area contributed by atoms with Crippen LogP contribution in [0.5, 0.6) is 0 Å². The molecule has 7 heteroatoms. The van der Waals surface area contributed by atoms with Crippen LogP contribution in [-0.2, 0) is 16.1 Å². The largest absolute Gasteiger partial charge is 0.374 e. The second-order valence-electron chi connectivity index (χ2n) is 8.21. The molecule has 0 saturated carbocycles. The molecule has 3 amide bonds. The summed E-state index contributed by atoms with van der Waals surface area (Å²) in [4.78, 5) is 38.1. The lowest BCUT2D eigenvalue weighted by atomic mass is 10.1. The molecule has 0 bridgehead atoms. The van der Waals surface area contributed by atoms with Gasteiger partial charge >= 0.3 is 0 Å².